The lowest BCUT2D eigenvalue weighted by Crippen LogP contribution is -2.46. The van der Waals surface area contributed by atoms with Crippen molar-refractivity contribution in [3.8, 4) is 5.75 Å². The maximum atomic E-state index is 10.7. The molecule has 3 rings (SSSR count). The van der Waals surface area contributed by atoms with Crippen LogP contribution in [-0.4, -0.2) is 63.9 Å². The Labute approximate surface area is 144 Å². The first-order chi connectivity index (χ1) is 11.6. The number of piperazine rings is 1. The minimum Gasteiger partial charge on any atom is -0.482 e. The van der Waals surface area contributed by atoms with Crippen molar-refractivity contribution in [3.05, 3.63) is 35.1 Å². The van der Waals surface area contributed by atoms with Gasteiger partial charge in [0, 0.05) is 43.3 Å². The van der Waals surface area contributed by atoms with Gasteiger partial charge in [-0.3, -0.25) is 4.90 Å². The molecule has 1 aromatic carbocycles. The van der Waals surface area contributed by atoms with Crippen LogP contribution in [0.15, 0.2) is 24.5 Å². The molecule has 0 spiro atoms. The molecular formula is C15H18ClN5O3. The summed E-state index contributed by atoms with van der Waals surface area (Å²) in [6.45, 7) is 3.66. The number of aromatic nitrogens is 3. The molecule has 2 N–H and O–H groups in total. The predicted molar refractivity (Wildman–Crippen MR) is 88.5 cm³/mol. The van der Waals surface area contributed by atoms with Gasteiger partial charge in [0.25, 0.3) is 0 Å². The van der Waals surface area contributed by atoms with Crippen LogP contribution in [0.4, 0.5) is 5.95 Å². The number of aromatic amines is 1. The average Bonchev–Trinajstić information content (AvgIpc) is 3.09. The summed E-state index contributed by atoms with van der Waals surface area (Å²) in [6, 6.07) is 5.23. The normalized spacial score (nSPS) is 15.5. The molecule has 1 aliphatic heterocycles. The Morgan fingerprint density at radius 2 is 2.12 bits per heavy atom. The topological polar surface area (TPSA) is 94.6 Å². The number of carboxylic acid groups (broad SMARTS) is 1. The SMILES string of the molecule is O=C(O)COc1ccc(Cl)cc1CN1CCN(c2ncn[nH]2)CC1. The number of carboxylic acids is 1. The molecule has 128 valence electrons. The van der Waals surface area contributed by atoms with Crippen LogP contribution < -0.4 is 9.64 Å². The molecule has 0 saturated carbocycles. The monoisotopic (exact) mass is 351 g/mol. The minimum atomic E-state index is -1.00. The quantitative estimate of drug-likeness (QED) is 0.808. The fraction of sp³-hybridized carbons (Fsp3) is 0.400. The highest BCUT2D eigenvalue weighted by molar-refractivity contribution is 6.30. The highest BCUT2D eigenvalue weighted by Gasteiger charge is 2.20. The molecule has 1 fully saturated rings. The van der Waals surface area contributed by atoms with Crippen molar-refractivity contribution < 1.29 is 14.6 Å². The summed E-state index contributed by atoms with van der Waals surface area (Å²) >= 11 is 6.07. The first-order valence-corrected chi connectivity index (χ1v) is 7.95. The zero-order chi connectivity index (χ0) is 16.9. The zero-order valence-corrected chi connectivity index (χ0v) is 13.7. The zero-order valence-electron chi connectivity index (χ0n) is 13.0. The number of rotatable bonds is 6. The van der Waals surface area contributed by atoms with E-state index in [0.29, 0.717) is 17.3 Å². The lowest BCUT2D eigenvalue weighted by atomic mass is 10.1. The summed E-state index contributed by atoms with van der Waals surface area (Å²) in [5.41, 5.74) is 0.886. The van der Waals surface area contributed by atoms with E-state index in [4.69, 9.17) is 21.4 Å². The van der Waals surface area contributed by atoms with Crippen LogP contribution in [0, 0.1) is 0 Å². The third-order valence-electron chi connectivity index (χ3n) is 3.84. The van der Waals surface area contributed by atoms with Gasteiger partial charge in [-0.1, -0.05) is 11.6 Å². The number of halogens is 1. The van der Waals surface area contributed by atoms with Crippen LogP contribution in [0.25, 0.3) is 0 Å². The van der Waals surface area contributed by atoms with Gasteiger partial charge >= 0.3 is 5.97 Å². The second-order valence-corrected chi connectivity index (χ2v) is 5.94. The molecular weight excluding hydrogens is 334 g/mol. The van der Waals surface area contributed by atoms with Crippen LogP contribution in [0.3, 0.4) is 0 Å². The first-order valence-electron chi connectivity index (χ1n) is 7.57. The van der Waals surface area contributed by atoms with Gasteiger partial charge in [0.2, 0.25) is 5.95 Å². The van der Waals surface area contributed by atoms with E-state index in [9.17, 15) is 4.79 Å². The van der Waals surface area contributed by atoms with Crippen molar-refractivity contribution in [2.75, 3.05) is 37.7 Å². The molecule has 0 aliphatic carbocycles. The van der Waals surface area contributed by atoms with Gasteiger partial charge in [0.15, 0.2) is 6.61 Å². The number of nitrogens with zero attached hydrogens (tertiary/aromatic N) is 4. The second-order valence-electron chi connectivity index (χ2n) is 5.51. The van der Waals surface area contributed by atoms with E-state index in [1.54, 1.807) is 12.1 Å². The Morgan fingerprint density at radius 3 is 2.79 bits per heavy atom. The van der Waals surface area contributed by atoms with E-state index in [-0.39, 0.29) is 6.61 Å². The van der Waals surface area contributed by atoms with Crippen LogP contribution >= 0.6 is 11.6 Å². The highest BCUT2D eigenvalue weighted by Crippen LogP contribution is 2.25. The van der Waals surface area contributed by atoms with Gasteiger partial charge in [0.1, 0.15) is 12.1 Å². The molecule has 0 amide bonds. The number of nitrogens with one attached hydrogen (secondary N) is 1. The average molecular weight is 352 g/mol. The van der Waals surface area contributed by atoms with E-state index in [1.807, 2.05) is 6.07 Å². The smallest absolute Gasteiger partial charge is 0.341 e. The number of H-pyrrole nitrogens is 1. The third-order valence-corrected chi connectivity index (χ3v) is 4.08. The summed E-state index contributed by atoms with van der Waals surface area (Å²) in [7, 11) is 0. The Hall–Kier alpha value is -2.32. The number of ether oxygens (including phenoxy) is 1. The molecule has 0 unspecified atom stereocenters. The Morgan fingerprint density at radius 1 is 1.33 bits per heavy atom. The third kappa shape index (κ3) is 4.15. The molecule has 2 aromatic rings. The maximum Gasteiger partial charge on any atom is 0.341 e. The van der Waals surface area contributed by atoms with E-state index < -0.39 is 5.97 Å². The summed E-state index contributed by atoms with van der Waals surface area (Å²) in [6.07, 6.45) is 1.50. The lowest BCUT2D eigenvalue weighted by Gasteiger charge is -2.34. The summed E-state index contributed by atoms with van der Waals surface area (Å²) < 4.78 is 5.36. The van der Waals surface area contributed by atoms with E-state index in [2.05, 4.69) is 25.0 Å². The van der Waals surface area contributed by atoms with Crippen molar-refractivity contribution in [2.24, 2.45) is 0 Å². The Kier molecular flexibility index (Phi) is 5.17. The summed E-state index contributed by atoms with van der Waals surface area (Å²) in [5, 5.41) is 16.1. The van der Waals surface area contributed by atoms with E-state index in [0.717, 1.165) is 37.7 Å². The molecule has 24 heavy (non-hydrogen) atoms. The number of aliphatic carboxylic acids is 1. The van der Waals surface area contributed by atoms with Gasteiger partial charge in [-0.25, -0.2) is 9.89 Å². The van der Waals surface area contributed by atoms with Crippen molar-refractivity contribution in [1.29, 1.82) is 0 Å². The van der Waals surface area contributed by atoms with E-state index >= 15 is 0 Å². The molecule has 9 heteroatoms. The first kappa shape index (κ1) is 16.5. The molecule has 2 heterocycles. The largest absolute Gasteiger partial charge is 0.482 e. The number of hydrogen-bond donors (Lipinski definition) is 2. The molecule has 1 aromatic heterocycles. The fourth-order valence-electron chi connectivity index (χ4n) is 2.66. The number of benzene rings is 1. The van der Waals surface area contributed by atoms with Gasteiger partial charge in [-0.15, -0.1) is 0 Å². The van der Waals surface area contributed by atoms with Crippen LogP contribution in [0.5, 0.6) is 5.75 Å². The number of anilines is 1. The summed E-state index contributed by atoms with van der Waals surface area (Å²) in [5.74, 6) is 0.332. The number of hydrogen-bond acceptors (Lipinski definition) is 6. The Bertz CT molecular complexity index is 686. The molecule has 0 atom stereocenters. The molecule has 1 aliphatic rings. The standard InChI is InChI=1S/C15H18ClN5O3/c16-12-1-2-13(24-9-14(22)23)11(7-12)8-20-3-5-21(6-4-20)15-17-10-18-19-15/h1-2,7,10H,3-6,8-9H2,(H,22,23)(H,17,18,19). The van der Waals surface area contributed by atoms with E-state index in [1.165, 1.54) is 6.33 Å². The molecule has 1 saturated heterocycles. The van der Waals surface area contributed by atoms with Gasteiger partial charge < -0.3 is 14.7 Å². The van der Waals surface area contributed by atoms with Crippen molar-refractivity contribution in [1.82, 2.24) is 20.1 Å². The van der Waals surface area contributed by atoms with Crippen molar-refractivity contribution in [2.45, 2.75) is 6.54 Å². The summed E-state index contributed by atoms with van der Waals surface area (Å²) in [4.78, 5) is 19.3. The van der Waals surface area contributed by atoms with Crippen LogP contribution in [0.1, 0.15) is 5.56 Å². The molecule has 0 bridgehead atoms. The molecule has 0 radical (unpaired) electrons. The second kappa shape index (κ2) is 7.50. The van der Waals surface area contributed by atoms with Crippen LogP contribution in [0.2, 0.25) is 5.02 Å². The van der Waals surface area contributed by atoms with Crippen LogP contribution in [-0.2, 0) is 11.3 Å². The van der Waals surface area contributed by atoms with Gasteiger partial charge in [-0.05, 0) is 18.2 Å². The highest BCUT2D eigenvalue weighted by atomic mass is 35.5. The van der Waals surface area contributed by atoms with Crippen molar-refractivity contribution in [3.63, 3.8) is 0 Å². The maximum absolute atomic E-state index is 10.7. The lowest BCUT2D eigenvalue weighted by molar-refractivity contribution is -0.139. The minimum absolute atomic E-state index is 0.367. The fourth-order valence-corrected chi connectivity index (χ4v) is 2.86. The Balaban J connectivity index is 1.61. The van der Waals surface area contributed by atoms with Gasteiger partial charge in [-0.2, -0.15) is 10.1 Å². The van der Waals surface area contributed by atoms with Crippen molar-refractivity contribution >= 4 is 23.5 Å². The predicted octanol–water partition coefficient (Wildman–Crippen LogP) is 1.24. The number of carbonyl (C=O) groups is 1. The van der Waals surface area contributed by atoms with Gasteiger partial charge in [0.05, 0.1) is 0 Å². The molecule has 8 nitrogen and oxygen atoms in total.